The van der Waals surface area contributed by atoms with Crippen molar-refractivity contribution >= 4 is 33.7 Å². The summed E-state index contributed by atoms with van der Waals surface area (Å²) in [5, 5.41) is 6.36. The van der Waals surface area contributed by atoms with Gasteiger partial charge >= 0.3 is 0 Å². The van der Waals surface area contributed by atoms with Gasteiger partial charge in [0.05, 0.1) is 17.7 Å². The first kappa shape index (κ1) is 20.3. The third-order valence-electron chi connectivity index (χ3n) is 3.45. The van der Waals surface area contributed by atoms with E-state index in [0.29, 0.717) is 5.69 Å². The lowest BCUT2D eigenvalue weighted by Crippen LogP contribution is -2.36. The van der Waals surface area contributed by atoms with Gasteiger partial charge in [-0.3, -0.25) is 9.59 Å². The van der Waals surface area contributed by atoms with Crippen LogP contribution < -0.4 is 10.7 Å². The molecule has 0 fully saturated rings. The Bertz CT molecular complexity index is 926. The first-order valence-corrected chi connectivity index (χ1v) is 9.44. The smallest absolute Gasteiger partial charge is 0.255 e. The first-order valence-electron chi connectivity index (χ1n) is 8.00. The molecule has 27 heavy (non-hydrogen) atoms. The zero-order valence-electron chi connectivity index (χ0n) is 14.9. The van der Waals surface area contributed by atoms with Gasteiger partial charge in [-0.05, 0) is 29.8 Å². The number of hydrogen-bond donors (Lipinski definition) is 2. The zero-order chi connectivity index (χ0) is 19.9. The van der Waals surface area contributed by atoms with Gasteiger partial charge in [0.2, 0.25) is 15.9 Å². The number of nitrogens with one attached hydrogen (secondary N) is 2. The summed E-state index contributed by atoms with van der Waals surface area (Å²) >= 11 is 0. The van der Waals surface area contributed by atoms with E-state index in [2.05, 4.69) is 15.8 Å². The van der Waals surface area contributed by atoms with E-state index < -0.39 is 15.9 Å². The maximum atomic E-state index is 12.5. The highest BCUT2D eigenvalue weighted by Crippen LogP contribution is 2.17. The van der Waals surface area contributed by atoms with Gasteiger partial charge in [-0.1, -0.05) is 30.3 Å². The van der Waals surface area contributed by atoms with Crippen molar-refractivity contribution in [3.8, 4) is 0 Å². The van der Waals surface area contributed by atoms with Crippen LogP contribution in [-0.4, -0.2) is 44.3 Å². The van der Waals surface area contributed by atoms with E-state index in [1.807, 2.05) is 30.3 Å². The van der Waals surface area contributed by atoms with Crippen LogP contribution in [0.1, 0.15) is 12.5 Å². The molecule has 2 aromatic rings. The van der Waals surface area contributed by atoms with Crippen molar-refractivity contribution in [2.45, 2.75) is 11.8 Å². The van der Waals surface area contributed by atoms with Crippen LogP contribution in [0, 0.1) is 0 Å². The maximum Gasteiger partial charge on any atom is 0.255 e. The Labute approximate surface area is 157 Å². The summed E-state index contributed by atoms with van der Waals surface area (Å²) in [6.07, 6.45) is 1.47. The lowest BCUT2D eigenvalue weighted by molar-refractivity contribution is -0.121. The molecule has 8 nitrogen and oxygen atoms in total. The fourth-order valence-electron chi connectivity index (χ4n) is 2.13. The average Bonchev–Trinajstić information content (AvgIpc) is 2.62. The molecule has 0 heterocycles. The zero-order valence-corrected chi connectivity index (χ0v) is 15.7. The van der Waals surface area contributed by atoms with Gasteiger partial charge in [0.1, 0.15) is 0 Å². The lowest BCUT2D eigenvalue weighted by atomic mass is 10.2. The Hall–Kier alpha value is -3.04. The molecule has 0 atom stereocenters. The molecule has 0 aromatic heterocycles. The standard InChI is InChI=1S/C18H20N4O4S/c1-14(23)20-16-8-10-17(11-9-16)27(25,26)22(2)13-18(24)21-19-12-15-6-4-3-5-7-15/h3-12H,13H2,1-2H3,(H,20,23)(H,21,24)/b19-12+. The quantitative estimate of drug-likeness (QED) is 0.552. The monoisotopic (exact) mass is 388 g/mol. The molecule has 0 bridgehead atoms. The molecule has 0 radical (unpaired) electrons. The van der Waals surface area contributed by atoms with Crippen molar-refractivity contribution in [1.82, 2.24) is 9.73 Å². The Balaban J connectivity index is 1.96. The number of amides is 2. The van der Waals surface area contributed by atoms with E-state index in [1.165, 1.54) is 44.5 Å². The summed E-state index contributed by atoms with van der Waals surface area (Å²) < 4.78 is 26.0. The number of hydrogen-bond acceptors (Lipinski definition) is 5. The van der Waals surface area contributed by atoms with Crippen molar-refractivity contribution in [2.75, 3.05) is 18.9 Å². The molecule has 2 amide bonds. The number of anilines is 1. The Morgan fingerprint density at radius 2 is 1.70 bits per heavy atom. The largest absolute Gasteiger partial charge is 0.326 e. The lowest BCUT2D eigenvalue weighted by Gasteiger charge is -2.16. The molecular formula is C18H20N4O4S. The molecule has 0 aliphatic heterocycles. The summed E-state index contributed by atoms with van der Waals surface area (Å²) in [4.78, 5) is 22.9. The summed E-state index contributed by atoms with van der Waals surface area (Å²) in [7, 11) is -2.55. The van der Waals surface area contributed by atoms with E-state index in [0.717, 1.165) is 9.87 Å². The molecule has 142 valence electrons. The highest BCUT2D eigenvalue weighted by molar-refractivity contribution is 7.89. The summed E-state index contributed by atoms with van der Waals surface area (Å²) in [6, 6.07) is 14.8. The maximum absolute atomic E-state index is 12.5. The minimum atomic E-state index is -3.85. The van der Waals surface area contributed by atoms with Gasteiger partial charge < -0.3 is 5.32 Å². The number of rotatable bonds is 7. The third-order valence-corrected chi connectivity index (χ3v) is 5.27. The van der Waals surface area contributed by atoms with Gasteiger partial charge in [-0.25, -0.2) is 13.8 Å². The predicted molar refractivity (Wildman–Crippen MR) is 103 cm³/mol. The molecule has 0 spiro atoms. The van der Waals surface area contributed by atoms with Crippen LogP contribution in [-0.2, 0) is 19.6 Å². The van der Waals surface area contributed by atoms with Crippen molar-refractivity contribution < 1.29 is 18.0 Å². The topological polar surface area (TPSA) is 108 Å². The minimum Gasteiger partial charge on any atom is -0.326 e. The Morgan fingerprint density at radius 3 is 2.30 bits per heavy atom. The minimum absolute atomic E-state index is 0.0136. The molecule has 0 unspecified atom stereocenters. The Kier molecular flexibility index (Phi) is 6.80. The van der Waals surface area contributed by atoms with Gasteiger partial charge in [-0.2, -0.15) is 9.41 Å². The Morgan fingerprint density at radius 1 is 1.07 bits per heavy atom. The summed E-state index contributed by atoms with van der Waals surface area (Å²) in [6.45, 7) is 0.971. The summed E-state index contributed by atoms with van der Waals surface area (Å²) in [5.74, 6) is -0.821. The van der Waals surface area contributed by atoms with Crippen LogP contribution in [0.3, 0.4) is 0 Å². The van der Waals surface area contributed by atoms with Gasteiger partial charge in [-0.15, -0.1) is 0 Å². The molecule has 0 aliphatic rings. The number of carbonyl (C=O) groups excluding carboxylic acids is 2. The number of hydrazone groups is 1. The number of carbonyl (C=O) groups is 2. The first-order chi connectivity index (χ1) is 12.8. The van der Waals surface area contributed by atoms with E-state index in [4.69, 9.17) is 0 Å². The van der Waals surface area contributed by atoms with Crippen LogP contribution in [0.15, 0.2) is 64.6 Å². The van der Waals surface area contributed by atoms with E-state index in [-0.39, 0.29) is 17.3 Å². The third kappa shape index (κ3) is 6.01. The van der Waals surface area contributed by atoms with E-state index in [1.54, 1.807) is 0 Å². The molecule has 0 saturated heterocycles. The molecule has 9 heteroatoms. The van der Waals surface area contributed by atoms with Crippen LogP contribution >= 0.6 is 0 Å². The van der Waals surface area contributed by atoms with Gasteiger partial charge in [0.15, 0.2) is 0 Å². The number of benzene rings is 2. The predicted octanol–water partition coefficient (Wildman–Crippen LogP) is 1.42. The normalized spacial score (nSPS) is 11.5. The van der Waals surface area contributed by atoms with Crippen LogP contribution in [0.5, 0.6) is 0 Å². The fourth-order valence-corrected chi connectivity index (χ4v) is 3.26. The van der Waals surface area contributed by atoms with Crippen molar-refractivity contribution in [2.24, 2.45) is 5.10 Å². The molecule has 2 N–H and O–H groups in total. The van der Waals surface area contributed by atoms with Gasteiger partial charge in [0, 0.05) is 19.7 Å². The second-order valence-electron chi connectivity index (χ2n) is 5.67. The number of sulfonamides is 1. The molecule has 0 aliphatic carbocycles. The van der Waals surface area contributed by atoms with Crippen LogP contribution in [0.4, 0.5) is 5.69 Å². The SMILES string of the molecule is CC(=O)Nc1ccc(S(=O)(=O)N(C)CC(=O)N/N=C/c2ccccc2)cc1. The van der Waals surface area contributed by atoms with Crippen molar-refractivity contribution in [3.05, 3.63) is 60.2 Å². The van der Waals surface area contributed by atoms with E-state index >= 15 is 0 Å². The number of likely N-dealkylation sites (N-methyl/N-ethyl adjacent to an activating group) is 1. The van der Waals surface area contributed by atoms with Crippen LogP contribution in [0.2, 0.25) is 0 Å². The van der Waals surface area contributed by atoms with Crippen LogP contribution in [0.25, 0.3) is 0 Å². The molecule has 2 rings (SSSR count). The van der Waals surface area contributed by atoms with E-state index in [9.17, 15) is 18.0 Å². The van der Waals surface area contributed by atoms with Crippen molar-refractivity contribution in [3.63, 3.8) is 0 Å². The summed E-state index contributed by atoms with van der Waals surface area (Å²) in [5.41, 5.74) is 3.58. The van der Waals surface area contributed by atoms with Gasteiger partial charge in [0.25, 0.3) is 5.91 Å². The second kappa shape index (κ2) is 9.06. The molecule has 0 saturated carbocycles. The fraction of sp³-hybridized carbons (Fsp3) is 0.167. The highest BCUT2D eigenvalue weighted by atomic mass is 32.2. The highest BCUT2D eigenvalue weighted by Gasteiger charge is 2.22. The number of nitrogens with zero attached hydrogens (tertiary/aromatic N) is 2. The molecular weight excluding hydrogens is 368 g/mol. The average molecular weight is 388 g/mol. The molecule has 2 aromatic carbocycles. The second-order valence-corrected chi connectivity index (χ2v) is 7.72. The van der Waals surface area contributed by atoms with Crippen molar-refractivity contribution in [1.29, 1.82) is 0 Å².